The molecule has 1 aliphatic carbocycles. The van der Waals surface area contributed by atoms with Crippen molar-refractivity contribution in [1.82, 2.24) is 0 Å². The number of rotatable bonds is 2. The standard InChI is InChI=1S/C11H9ClFN/c12-5-8-4-10(8)7-1-2-11(13)9(3-7)6-14/h1-3,8,10H,4-5H2. The fraction of sp³-hybridized carbons (Fsp3) is 0.364. The summed E-state index contributed by atoms with van der Waals surface area (Å²) in [5.74, 6) is 1.14. The van der Waals surface area contributed by atoms with Gasteiger partial charge in [0.1, 0.15) is 11.9 Å². The summed E-state index contributed by atoms with van der Waals surface area (Å²) in [6.07, 6.45) is 1.06. The Balaban J connectivity index is 2.25. The number of nitriles is 1. The van der Waals surface area contributed by atoms with Crippen molar-refractivity contribution < 1.29 is 4.39 Å². The number of benzene rings is 1. The highest BCUT2D eigenvalue weighted by Gasteiger charge is 2.37. The fourth-order valence-corrected chi connectivity index (χ4v) is 2.03. The molecular formula is C11H9ClFN. The molecule has 1 saturated carbocycles. The van der Waals surface area contributed by atoms with Gasteiger partial charge in [-0.15, -0.1) is 11.6 Å². The van der Waals surface area contributed by atoms with E-state index in [4.69, 9.17) is 16.9 Å². The van der Waals surface area contributed by atoms with Crippen molar-refractivity contribution >= 4 is 11.6 Å². The highest BCUT2D eigenvalue weighted by atomic mass is 35.5. The van der Waals surface area contributed by atoms with Gasteiger partial charge in [0, 0.05) is 5.88 Å². The maximum atomic E-state index is 13.0. The Bertz CT molecular complexity index is 397. The van der Waals surface area contributed by atoms with Crippen LogP contribution in [-0.4, -0.2) is 5.88 Å². The summed E-state index contributed by atoms with van der Waals surface area (Å²) in [6, 6.07) is 6.58. The molecule has 2 rings (SSSR count). The second-order valence-corrected chi connectivity index (χ2v) is 3.92. The summed E-state index contributed by atoms with van der Waals surface area (Å²) in [5, 5.41) is 8.65. The summed E-state index contributed by atoms with van der Waals surface area (Å²) in [5.41, 5.74) is 1.16. The SMILES string of the molecule is N#Cc1cc(C2CC2CCl)ccc1F. The van der Waals surface area contributed by atoms with E-state index in [9.17, 15) is 4.39 Å². The highest BCUT2D eigenvalue weighted by molar-refractivity contribution is 6.18. The van der Waals surface area contributed by atoms with E-state index in [1.54, 1.807) is 12.1 Å². The minimum atomic E-state index is -0.445. The number of alkyl halides is 1. The highest BCUT2D eigenvalue weighted by Crippen LogP contribution is 2.48. The summed E-state index contributed by atoms with van der Waals surface area (Å²) in [6.45, 7) is 0. The van der Waals surface area contributed by atoms with Gasteiger partial charge in [0.15, 0.2) is 0 Å². The van der Waals surface area contributed by atoms with Crippen molar-refractivity contribution in [3.63, 3.8) is 0 Å². The lowest BCUT2D eigenvalue weighted by Crippen LogP contribution is -1.89. The van der Waals surface area contributed by atoms with E-state index in [1.165, 1.54) is 6.07 Å². The average molecular weight is 210 g/mol. The van der Waals surface area contributed by atoms with E-state index >= 15 is 0 Å². The van der Waals surface area contributed by atoms with E-state index < -0.39 is 5.82 Å². The van der Waals surface area contributed by atoms with Gasteiger partial charge in [-0.3, -0.25) is 0 Å². The molecule has 1 aromatic carbocycles. The summed E-state index contributed by atoms with van der Waals surface area (Å²) in [4.78, 5) is 0. The molecular weight excluding hydrogens is 201 g/mol. The van der Waals surface area contributed by atoms with Crippen LogP contribution in [0.25, 0.3) is 0 Å². The van der Waals surface area contributed by atoms with Crippen LogP contribution in [0.5, 0.6) is 0 Å². The maximum Gasteiger partial charge on any atom is 0.140 e. The Morgan fingerprint density at radius 3 is 2.93 bits per heavy atom. The third-order valence-corrected chi connectivity index (χ3v) is 3.06. The smallest absolute Gasteiger partial charge is 0.140 e. The van der Waals surface area contributed by atoms with Crippen LogP contribution >= 0.6 is 11.6 Å². The zero-order valence-corrected chi connectivity index (χ0v) is 8.26. The Labute approximate surface area is 87.1 Å². The molecule has 0 radical (unpaired) electrons. The third-order valence-electron chi connectivity index (χ3n) is 2.66. The molecule has 1 aromatic rings. The van der Waals surface area contributed by atoms with Crippen LogP contribution in [0.3, 0.4) is 0 Å². The third kappa shape index (κ3) is 1.60. The zero-order chi connectivity index (χ0) is 10.1. The molecule has 1 aliphatic rings. The summed E-state index contributed by atoms with van der Waals surface area (Å²) >= 11 is 5.71. The Morgan fingerprint density at radius 2 is 2.36 bits per heavy atom. The lowest BCUT2D eigenvalue weighted by Gasteiger charge is -2.00. The first-order chi connectivity index (χ1) is 6.76. The minimum Gasteiger partial charge on any atom is -0.206 e. The van der Waals surface area contributed by atoms with E-state index in [0.717, 1.165) is 12.0 Å². The number of nitrogens with zero attached hydrogens (tertiary/aromatic N) is 1. The molecule has 72 valence electrons. The lowest BCUT2D eigenvalue weighted by molar-refractivity contribution is 0.623. The van der Waals surface area contributed by atoms with Gasteiger partial charge in [-0.2, -0.15) is 5.26 Å². The van der Waals surface area contributed by atoms with Crippen LogP contribution in [0, 0.1) is 23.1 Å². The van der Waals surface area contributed by atoms with Gasteiger partial charge in [0.05, 0.1) is 5.56 Å². The Hall–Kier alpha value is -1.07. The topological polar surface area (TPSA) is 23.8 Å². The normalized spacial score (nSPS) is 24.4. The molecule has 1 nitrogen and oxygen atoms in total. The monoisotopic (exact) mass is 209 g/mol. The van der Waals surface area contributed by atoms with Gasteiger partial charge >= 0.3 is 0 Å². The van der Waals surface area contributed by atoms with Crippen LogP contribution < -0.4 is 0 Å². The second kappa shape index (κ2) is 3.59. The van der Waals surface area contributed by atoms with Crippen molar-refractivity contribution in [3.8, 4) is 6.07 Å². The molecule has 14 heavy (non-hydrogen) atoms. The van der Waals surface area contributed by atoms with Gasteiger partial charge in [0.2, 0.25) is 0 Å². The minimum absolute atomic E-state index is 0.128. The molecule has 0 aromatic heterocycles. The van der Waals surface area contributed by atoms with Crippen LogP contribution in [0.15, 0.2) is 18.2 Å². The Kier molecular flexibility index (Phi) is 2.43. The fourth-order valence-electron chi connectivity index (χ4n) is 1.69. The molecule has 0 heterocycles. The predicted octanol–water partition coefficient (Wildman–Crippen LogP) is 3.04. The van der Waals surface area contributed by atoms with E-state index in [1.807, 2.05) is 6.07 Å². The molecule has 0 bridgehead atoms. The van der Waals surface area contributed by atoms with Crippen LogP contribution in [0.1, 0.15) is 23.5 Å². The predicted molar refractivity (Wildman–Crippen MR) is 52.7 cm³/mol. The van der Waals surface area contributed by atoms with Crippen molar-refractivity contribution in [3.05, 3.63) is 35.1 Å². The molecule has 3 heteroatoms. The molecule has 0 spiro atoms. The first-order valence-electron chi connectivity index (χ1n) is 4.51. The van der Waals surface area contributed by atoms with Crippen LogP contribution in [-0.2, 0) is 0 Å². The van der Waals surface area contributed by atoms with Crippen LogP contribution in [0.4, 0.5) is 4.39 Å². The van der Waals surface area contributed by atoms with Gasteiger partial charge in [-0.1, -0.05) is 6.07 Å². The first-order valence-corrected chi connectivity index (χ1v) is 5.05. The summed E-state index contributed by atoms with van der Waals surface area (Å²) in [7, 11) is 0. The molecule has 0 amide bonds. The van der Waals surface area contributed by atoms with Crippen LogP contribution in [0.2, 0.25) is 0 Å². The largest absolute Gasteiger partial charge is 0.206 e. The van der Waals surface area contributed by atoms with Crippen molar-refractivity contribution in [2.45, 2.75) is 12.3 Å². The number of hydrogen-bond acceptors (Lipinski definition) is 1. The maximum absolute atomic E-state index is 13.0. The molecule has 0 aliphatic heterocycles. The quantitative estimate of drug-likeness (QED) is 0.687. The Morgan fingerprint density at radius 1 is 1.57 bits per heavy atom. The van der Waals surface area contributed by atoms with E-state index in [0.29, 0.717) is 17.7 Å². The van der Waals surface area contributed by atoms with Gasteiger partial charge in [-0.05, 0) is 36.0 Å². The molecule has 2 unspecified atom stereocenters. The molecule has 2 atom stereocenters. The molecule has 1 fully saturated rings. The van der Waals surface area contributed by atoms with Crippen molar-refractivity contribution in [1.29, 1.82) is 5.26 Å². The second-order valence-electron chi connectivity index (χ2n) is 3.61. The van der Waals surface area contributed by atoms with E-state index in [-0.39, 0.29) is 5.56 Å². The number of halogens is 2. The van der Waals surface area contributed by atoms with Crippen molar-refractivity contribution in [2.75, 3.05) is 5.88 Å². The lowest BCUT2D eigenvalue weighted by atomic mass is 10.1. The van der Waals surface area contributed by atoms with Gasteiger partial charge < -0.3 is 0 Å². The van der Waals surface area contributed by atoms with Crippen molar-refractivity contribution in [2.24, 2.45) is 5.92 Å². The van der Waals surface area contributed by atoms with E-state index in [2.05, 4.69) is 0 Å². The van der Waals surface area contributed by atoms with Gasteiger partial charge in [-0.25, -0.2) is 4.39 Å². The van der Waals surface area contributed by atoms with Gasteiger partial charge in [0.25, 0.3) is 0 Å². The molecule has 0 N–H and O–H groups in total. The average Bonchev–Trinajstić information content (AvgIpc) is 2.98. The number of hydrogen-bond donors (Lipinski definition) is 0. The zero-order valence-electron chi connectivity index (χ0n) is 7.50. The first kappa shape index (κ1) is 9.48. The summed E-state index contributed by atoms with van der Waals surface area (Å²) < 4.78 is 13.0. The molecule has 0 saturated heterocycles.